The SMILES string of the molecule is CNCC(O)c1cc(F)c(C)c(C(=O)OC)c1. The maximum absolute atomic E-state index is 13.6. The molecule has 0 aliphatic heterocycles. The van der Waals surface area contributed by atoms with Gasteiger partial charge in [-0.05, 0) is 37.2 Å². The molecular weight excluding hydrogens is 225 g/mol. The molecule has 0 saturated heterocycles. The monoisotopic (exact) mass is 241 g/mol. The van der Waals surface area contributed by atoms with Crippen molar-refractivity contribution in [2.45, 2.75) is 13.0 Å². The number of halogens is 1. The van der Waals surface area contributed by atoms with E-state index >= 15 is 0 Å². The lowest BCUT2D eigenvalue weighted by Gasteiger charge is -2.13. The van der Waals surface area contributed by atoms with Crippen LogP contribution in [0.1, 0.15) is 27.6 Å². The van der Waals surface area contributed by atoms with Crippen LogP contribution in [0.4, 0.5) is 4.39 Å². The number of carbonyl (C=O) groups is 1. The number of carbonyl (C=O) groups excluding carboxylic acids is 1. The van der Waals surface area contributed by atoms with Gasteiger partial charge in [-0.1, -0.05) is 0 Å². The van der Waals surface area contributed by atoms with Gasteiger partial charge in [-0.25, -0.2) is 9.18 Å². The molecule has 0 spiro atoms. The van der Waals surface area contributed by atoms with Crippen molar-refractivity contribution in [1.29, 1.82) is 0 Å². The zero-order valence-electron chi connectivity index (χ0n) is 10.1. The molecule has 0 aliphatic rings. The molecule has 0 fully saturated rings. The minimum atomic E-state index is -0.862. The second kappa shape index (κ2) is 5.75. The summed E-state index contributed by atoms with van der Waals surface area (Å²) < 4.78 is 18.2. The van der Waals surface area contributed by atoms with E-state index in [9.17, 15) is 14.3 Å². The number of aliphatic hydroxyl groups excluding tert-OH is 1. The molecule has 0 amide bonds. The van der Waals surface area contributed by atoms with Gasteiger partial charge in [0.05, 0.1) is 18.8 Å². The van der Waals surface area contributed by atoms with Crippen LogP contribution in [-0.4, -0.2) is 31.8 Å². The van der Waals surface area contributed by atoms with E-state index in [1.165, 1.54) is 26.2 Å². The molecule has 0 heterocycles. The normalized spacial score (nSPS) is 12.3. The molecule has 1 atom stereocenters. The van der Waals surface area contributed by atoms with E-state index in [1.807, 2.05) is 0 Å². The average molecular weight is 241 g/mol. The van der Waals surface area contributed by atoms with Gasteiger partial charge >= 0.3 is 5.97 Å². The Morgan fingerprint density at radius 3 is 2.76 bits per heavy atom. The molecule has 1 aromatic rings. The van der Waals surface area contributed by atoms with Gasteiger partial charge < -0.3 is 15.2 Å². The number of likely N-dealkylation sites (N-methyl/N-ethyl adjacent to an activating group) is 1. The van der Waals surface area contributed by atoms with Gasteiger partial charge in [0.15, 0.2) is 0 Å². The van der Waals surface area contributed by atoms with Crippen molar-refractivity contribution in [2.24, 2.45) is 0 Å². The predicted octanol–water partition coefficient (Wildman–Crippen LogP) is 1.17. The highest BCUT2D eigenvalue weighted by Gasteiger charge is 2.17. The molecule has 94 valence electrons. The van der Waals surface area contributed by atoms with Gasteiger partial charge in [0, 0.05) is 6.54 Å². The van der Waals surface area contributed by atoms with Crippen molar-refractivity contribution in [2.75, 3.05) is 20.7 Å². The second-order valence-electron chi connectivity index (χ2n) is 3.74. The number of hydrogen-bond donors (Lipinski definition) is 2. The number of aliphatic hydroxyl groups is 1. The van der Waals surface area contributed by atoms with Crippen LogP contribution in [-0.2, 0) is 4.74 Å². The lowest BCUT2D eigenvalue weighted by atomic mass is 10.0. The lowest BCUT2D eigenvalue weighted by Crippen LogP contribution is -2.18. The molecule has 0 aromatic heterocycles. The number of esters is 1. The fourth-order valence-corrected chi connectivity index (χ4v) is 1.53. The minimum absolute atomic E-state index is 0.137. The summed E-state index contributed by atoms with van der Waals surface area (Å²) in [6, 6.07) is 2.68. The van der Waals surface area contributed by atoms with Crippen LogP contribution < -0.4 is 5.32 Å². The summed E-state index contributed by atoms with van der Waals surface area (Å²) >= 11 is 0. The van der Waals surface area contributed by atoms with Gasteiger partial charge in [-0.15, -0.1) is 0 Å². The van der Waals surface area contributed by atoms with Gasteiger partial charge in [0.2, 0.25) is 0 Å². The molecule has 1 unspecified atom stereocenters. The number of ether oxygens (including phenoxy) is 1. The summed E-state index contributed by atoms with van der Waals surface area (Å²) in [6.07, 6.45) is -0.862. The lowest BCUT2D eigenvalue weighted by molar-refractivity contribution is 0.0599. The molecule has 0 saturated carbocycles. The van der Waals surface area contributed by atoms with Crippen molar-refractivity contribution in [1.82, 2.24) is 5.32 Å². The molecule has 0 aliphatic carbocycles. The Bertz CT molecular complexity index is 420. The Balaban J connectivity index is 3.18. The van der Waals surface area contributed by atoms with Crippen LogP contribution in [0.2, 0.25) is 0 Å². The zero-order chi connectivity index (χ0) is 13.0. The van der Waals surface area contributed by atoms with E-state index in [4.69, 9.17) is 0 Å². The Morgan fingerprint density at radius 1 is 1.59 bits per heavy atom. The maximum atomic E-state index is 13.6. The minimum Gasteiger partial charge on any atom is -0.465 e. The van der Waals surface area contributed by atoms with Gasteiger partial charge in [0.1, 0.15) is 5.82 Å². The summed E-state index contributed by atoms with van der Waals surface area (Å²) in [6.45, 7) is 1.78. The fourth-order valence-electron chi connectivity index (χ4n) is 1.53. The highest BCUT2D eigenvalue weighted by molar-refractivity contribution is 5.91. The Labute approximate surface area is 99.4 Å². The van der Waals surface area contributed by atoms with Crippen LogP contribution in [0.3, 0.4) is 0 Å². The molecule has 2 N–H and O–H groups in total. The third-order valence-electron chi connectivity index (χ3n) is 2.55. The largest absolute Gasteiger partial charge is 0.465 e. The number of nitrogens with one attached hydrogen (secondary N) is 1. The van der Waals surface area contributed by atoms with E-state index in [0.717, 1.165) is 0 Å². The van der Waals surface area contributed by atoms with Gasteiger partial charge in [-0.2, -0.15) is 0 Å². The summed E-state index contributed by atoms with van der Waals surface area (Å²) in [7, 11) is 2.91. The fraction of sp³-hybridized carbons (Fsp3) is 0.417. The van der Waals surface area contributed by atoms with Crippen LogP contribution in [0, 0.1) is 12.7 Å². The highest BCUT2D eigenvalue weighted by atomic mass is 19.1. The number of benzene rings is 1. The number of methoxy groups -OCH3 is 1. The van der Waals surface area contributed by atoms with Crippen molar-refractivity contribution in [3.8, 4) is 0 Å². The van der Waals surface area contributed by atoms with Crippen molar-refractivity contribution < 1.29 is 19.0 Å². The number of hydrogen-bond acceptors (Lipinski definition) is 4. The zero-order valence-corrected chi connectivity index (χ0v) is 10.1. The molecule has 5 heteroatoms. The third kappa shape index (κ3) is 3.01. The maximum Gasteiger partial charge on any atom is 0.338 e. The average Bonchev–Trinajstić information content (AvgIpc) is 2.31. The van der Waals surface area contributed by atoms with Crippen molar-refractivity contribution in [3.05, 3.63) is 34.6 Å². The molecular formula is C12H16FNO3. The van der Waals surface area contributed by atoms with E-state index in [2.05, 4.69) is 10.1 Å². The summed E-state index contributed by atoms with van der Waals surface area (Å²) in [4.78, 5) is 11.4. The van der Waals surface area contributed by atoms with Crippen molar-refractivity contribution >= 4 is 5.97 Å². The molecule has 0 radical (unpaired) electrons. The summed E-state index contributed by atoms with van der Waals surface area (Å²) in [5.74, 6) is -1.14. The topological polar surface area (TPSA) is 58.6 Å². The quantitative estimate of drug-likeness (QED) is 0.777. The smallest absolute Gasteiger partial charge is 0.338 e. The molecule has 1 rings (SSSR count). The second-order valence-corrected chi connectivity index (χ2v) is 3.74. The van der Waals surface area contributed by atoms with Crippen LogP contribution >= 0.6 is 0 Å². The Kier molecular flexibility index (Phi) is 4.60. The summed E-state index contributed by atoms with van der Waals surface area (Å²) in [5, 5.41) is 12.5. The third-order valence-corrected chi connectivity index (χ3v) is 2.55. The molecule has 4 nitrogen and oxygen atoms in total. The van der Waals surface area contributed by atoms with E-state index < -0.39 is 17.9 Å². The Morgan fingerprint density at radius 2 is 2.24 bits per heavy atom. The standard InChI is InChI=1S/C12H16FNO3/c1-7-9(12(16)17-3)4-8(5-10(7)13)11(15)6-14-2/h4-5,11,14-15H,6H2,1-3H3. The first-order chi connectivity index (χ1) is 8.01. The Hall–Kier alpha value is -1.46. The van der Waals surface area contributed by atoms with E-state index in [1.54, 1.807) is 7.05 Å². The van der Waals surface area contributed by atoms with Gasteiger partial charge in [0.25, 0.3) is 0 Å². The van der Waals surface area contributed by atoms with Crippen LogP contribution in [0.25, 0.3) is 0 Å². The van der Waals surface area contributed by atoms with Crippen LogP contribution in [0.15, 0.2) is 12.1 Å². The van der Waals surface area contributed by atoms with E-state index in [0.29, 0.717) is 5.56 Å². The van der Waals surface area contributed by atoms with Crippen LogP contribution in [0.5, 0.6) is 0 Å². The van der Waals surface area contributed by atoms with Gasteiger partial charge in [-0.3, -0.25) is 0 Å². The predicted molar refractivity (Wildman–Crippen MR) is 61.4 cm³/mol. The number of rotatable bonds is 4. The van der Waals surface area contributed by atoms with Crippen molar-refractivity contribution in [3.63, 3.8) is 0 Å². The highest BCUT2D eigenvalue weighted by Crippen LogP contribution is 2.21. The molecule has 0 bridgehead atoms. The molecule has 1 aromatic carbocycles. The molecule has 17 heavy (non-hydrogen) atoms. The summed E-state index contributed by atoms with van der Waals surface area (Å²) in [5.41, 5.74) is 0.706. The van der Waals surface area contributed by atoms with E-state index in [-0.39, 0.29) is 17.7 Å². The first-order valence-electron chi connectivity index (χ1n) is 5.22. The first-order valence-corrected chi connectivity index (χ1v) is 5.22. The first kappa shape index (κ1) is 13.6.